The molecule has 1 aliphatic heterocycles. The van der Waals surface area contributed by atoms with Gasteiger partial charge in [0.25, 0.3) is 0 Å². The van der Waals surface area contributed by atoms with Gasteiger partial charge in [0.2, 0.25) is 0 Å². The molecule has 1 amide bonds. The lowest BCUT2D eigenvalue weighted by Gasteiger charge is -2.20. The van der Waals surface area contributed by atoms with Gasteiger partial charge in [0.05, 0.1) is 30.5 Å². The molecule has 1 aromatic rings. The molecule has 2 rings (SSSR count). The van der Waals surface area contributed by atoms with Gasteiger partial charge in [-0.3, -0.25) is 0 Å². The van der Waals surface area contributed by atoms with Gasteiger partial charge in [0.1, 0.15) is 0 Å². The van der Waals surface area contributed by atoms with E-state index in [2.05, 4.69) is 15.0 Å². The molecule has 5 nitrogen and oxygen atoms in total. The summed E-state index contributed by atoms with van der Waals surface area (Å²) in [6, 6.07) is 5.58. The van der Waals surface area contributed by atoms with Crippen molar-refractivity contribution in [2.75, 3.05) is 25.1 Å². The molecule has 0 radical (unpaired) electrons. The molecule has 1 atom stereocenters. The molecule has 0 spiro atoms. The number of nitrogens with one attached hydrogen (secondary N) is 1. The smallest absolute Gasteiger partial charge is 0.407 e. The summed E-state index contributed by atoms with van der Waals surface area (Å²) in [6.45, 7) is 1.51. The first-order valence-corrected chi connectivity index (χ1v) is 6.50. The van der Waals surface area contributed by atoms with Crippen molar-refractivity contribution < 1.29 is 14.6 Å². The standard InChI is InChI=1S/C13H17ClN2O3/c1-19-13(18)15-10-4-5-16(7-10)12-3-2-9(8-17)6-11(12)14/h2-3,6,10,17H,4-5,7-8H2,1H3,(H,15,18). The fraction of sp³-hybridized carbons (Fsp3) is 0.462. The van der Waals surface area contributed by atoms with E-state index in [4.69, 9.17) is 16.7 Å². The maximum absolute atomic E-state index is 11.2. The maximum Gasteiger partial charge on any atom is 0.407 e. The number of hydrogen-bond donors (Lipinski definition) is 2. The van der Waals surface area contributed by atoms with Crippen LogP contribution in [-0.4, -0.2) is 37.4 Å². The van der Waals surface area contributed by atoms with Crippen LogP contribution in [0.1, 0.15) is 12.0 Å². The number of alkyl carbamates (subject to hydrolysis) is 1. The molecule has 1 aromatic carbocycles. The van der Waals surface area contributed by atoms with E-state index in [0.717, 1.165) is 24.2 Å². The zero-order valence-electron chi connectivity index (χ0n) is 10.7. The summed E-state index contributed by atoms with van der Waals surface area (Å²) >= 11 is 6.20. The Labute approximate surface area is 117 Å². The number of carbonyl (C=O) groups excluding carboxylic acids is 1. The van der Waals surface area contributed by atoms with Gasteiger partial charge >= 0.3 is 6.09 Å². The Morgan fingerprint density at radius 2 is 2.42 bits per heavy atom. The summed E-state index contributed by atoms with van der Waals surface area (Å²) < 4.78 is 4.58. The van der Waals surface area contributed by atoms with Gasteiger partial charge in [-0.05, 0) is 24.1 Å². The number of halogens is 1. The molecule has 19 heavy (non-hydrogen) atoms. The molecular weight excluding hydrogens is 268 g/mol. The average Bonchev–Trinajstić information content (AvgIpc) is 2.86. The summed E-state index contributed by atoms with van der Waals surface area (Å²) in [4.78, 5) is 13.3. The topological polar surface area (TPSA) is 61.8 Å². The molecule has 1 aliphatic rings. The van der Waals surface area contributed by atoms with Crippen LogP contribution in [0, 0.1) is 0 Å². The highest BCUT2D eigenvalue weighted by molar-refractivity contribution is 6.33. The molecule has 0 bridgehead atoms. The SMILES string of the molecule is COC(=O)NC1CCN(c2ccc(CO)cc2Cl)C1. The van der Waals surface area contributed by atoms with Crippen LogP contribution in [0.25, 0.3) is 0 Å². The normalized spacial score (nSPS) is 18.5. The quantitative estimate of drug-likeness (QED) is 0.888. The van der Waals surface area contributed by atoms with Crippen molar-refractivity contribution in [3.63, 3.8) is 0 Å². The highest BCUT2D eigenvalue weighted by Crippen LogP contribution is 2.29. The van der Waals surface area contributed by atoms with Crippen LogP contribution in [0.5, 0.6) is 0 Å². The van der Waals surface area contributed by atoms with Crippen LogP contribution < -0.4 is 10.2 Å². The number of anilines is 1. The lowest BCUT2D eigenvalue weighted by molar-refractivity contribution is 0.167. The molecule has 2 N–H and O–H groups in total. The lowest BCUT2D eigenvalue weighted by atomic mass is 10.2. The fourth-order valence-corrected chi connectivity index (χ4v) is 2.55. The molecular formula is C13H17ClN2O3. The van der Waals surface area contributed by atoms with Gasteiger partial charge in [-0.2, -0.15) is 0 Å². The van der Waals surface area contributed by atoms with Gasteiger partial charge < -0.3 is 20.1 Å². The van der Waals surface area contributed by atoms with Crippen molar-refractivity contribution >= 4 is 23.4 Å². The predicted molar refractivity (Wildman–Crippen MR) is 73.5 cm³/mol. The number of ether oxygens (including phenoxy) is 1. The van der Waals surface area contributed by atoms with E-state index in [-0.39, 0.29) is 12.6 Å². The number of nitrogens with zero attached hydrogens (tertiary/aromatic N) is 1. The third-order valence-corrected chi connectivity index (χ3v) is 3.53. The molecule has 0 saturated carbocycles. The van der Waals surface area contributed by atoms with Crippen molar-refractivity contribution in [3.05, 3.63) is 28.8 Å². The highest BCUT2D eigenvalue weighted by atomic mass is 35.5. The summed E-state index contributed by atoms with van der Waals surface area (Å²) in [5, 5.41) is 12.5. The first-order valence-electron chi connectivity index (χ1n) is 6.12. The molecule has 104 valence electrons. The Hall–Kier alpha value is -1.46. The summed E-state index contributed by atoms with van der Waals surface area (Å²) in [6.07, 6.45) is 0.446. The van der Waals surface area contributed by atoms with Gasteiger partial charge in [0, 0.05) is 13.1 Å². The fourth-order valence-electron chi connectivity index (χ4n) is 2.23. The largest absolute Gasteiger partial charge is 0.453 e. The second kappa shape index (κ2) is 6.12. The number of aliphatic hydroxyl groups excluding tert-OH is 1. The zero-order chi connectivity index (χ0) is 13.8. The Balaban J connectivity index is 2.02. The van der Waals surface area contributed by atoms with Crippen molar-refractivity contribution in [2.24, 2.45) is 0 Å². The number of methoxy groups -OCH3 is 1. The zero-order valence-corrected chi connectivity index (χ0v) is 11.5. The monoisotopic (exact) mass is 284 g/mol. The van der Waals surface area contributed by atoms with E-state index in [1.165, 1.54) is 7.11 Å². The average molecular weight is 285 g/mol. The van der Waals surface area contributed by atoms with Gasteiger partial charge in [-0.25, -0.2) is 4.79 Å². The predicted octanol–water partition coefficient (Wildman–Crippen LogP) is 1.77. The van der Waals surface area contributed by atoms with E-state index in [0.29, 0.717) is 11.6 Å². The van der Waals surface area contributed by atoms with Crippen molar-refractivity contribution in [3.8, 4) is 0 Å². The number of amides is 1. The third kappa shape index (κ3) is 3.30. The number of benzene rings is 1. The van der Waals surface area contributed by atoms with Gasteiger partial charge in [0.15, 0.2) is 0 Å². The second-order valence-electron chi connectivity index (χ2n) is 4.51. The van der Waals surface area contributed by atoms with E-state index < -0.39 is 6.09 Å². The first kappa shape index (κ1) is 14.0. The maximum atomic E-state index is 11.2. The number of carbonyl (C=O) groups is 1. The van der Waals surface area contributed by atoms with Crippen molar-refractivity contribution in [2.45, 2.75) is 19.1 Å². The molecule has 1 fully saturated rings. The molecule has 0 aromatic heterocycles. The lowest BCUT2D eigenvalue weighted by Crippen LogP contribution is -2.37. The molecule has 0 aliphatic carbocycles. The summed E-state index contributed by atoms with van der Waals surface area (Å²) in [5.74, 6) is 0. The van der Waals surface area contributed by atoms with Crippen LogP contribution in [0.15, 0.2) is 18.2 Å². The van der Waals surface area contributed by atoms with Crippen LogP contribution in [0.3, 0.4) is 0 Å². The highest BCUT2D eigenvalue weighted by Gasteiger charge is 2.25. The van der Waals surface area contributed by atoms with E-state index in [1.54, 1.807) is 6.07 Å². The minimum Gasteiger partial charge on any atom is -0.453 e. The van der Waals surface area contributed by atoms with Crippen LogP contribution in [0.4, 0.5) is 10.5 Å². The molecule has 1 unspecified atom stereocenters. The summed E-state index contributed by atoms with van der Waals surface area (Å²) in [5.41, 5.74) is 1.71. The Kier molecular flexibility index (Phi) is 4.50. The molecule has 6 heteroatoms. The first-order chi connectivity index (χ1) is 9.13. The Bertz CT molecular complexity index is 467. The van der Waals surface area contributed by atoms with Crippen LogP contribution >= 0.6 is 11.6 Å². The van der Waals surface area contributed by atoms with E-state index >= 15 is 0 Å². The van der Waals surface area contributed by atoms with E-state index in [9.17, 15) is 4.79 Å². The van der Waals surface area contributed by atoms with Crippen molar-refractivity contribution in [1.29, 1.82) is 0 Å². The summed E-state index contributed by atoms with van der Waals surface area (Å²) in [7, 11) is 1.35. The van der Waals surface area contributed by atoms with Crippen LogP contribution in [-0.2, 0) is 11.3 Å². The molecule has 1 heterocycles. The Morgan fingerprint density at radius 1 is 1.63 bits per heavy atom. The second-order valence-corrected chi connectivity index (χ2v) is 4.92. The number of rotatable bonds is 3. The molecule has 1 saturated heterocycles. The van der Waals surface area contributed by atoms with Crippen LogP contribution in [0.2, 0.25) is 5.02 Å². The third-order valence-electron chi connectivity index (χ3n) is 3.23. The number of hydrogen-bond acceptors (Lipinski definition) is 4. The Morgan fingerprint density at radius 3 is 3.05 bits per heavy atom. The number of aliphatic hydroxyl groups is 1. The van der Waals surface area contributed by atoms with Gasteiger partial charge in [-0.1, -0.05) is 17.7 Å². The van der Waals surface area contributed by atoms with E-state index in [1.807, 2.05) is 12.1 Å². The van der Waals surface area contributed by atoms with Crippen molar-refractivity contribution in [1.82, 2.24) is 5.32 Å². The van der Waals surface area contributed by atoms with Gasteiger partial charge in [-0.15, -0.1) is 0 Å². The minimum atomic E-state index is -0.409. The minimum absolute atomic E-state index is 0.0213.